The smallest absolute Gasteiger partial charge is 0.227 e. The highest BCUT2D eigenvalue weighted by atomic mass is 16.5. The molecule has 0 bridgehead atoms. The lowest BCUT2D eigenvalue weighted by molar-refractivity contribution is -0.118. The van der Waals surface area contributed by atoms with Crippen molar-refractivity contribution in [1.29, 1.82) is 0 Å². The largest absolute Gasteiger partial charge is 0.487 e. The van der Waals surface area contributed by atoms with E-state index in [1.54, 1.807) is 17.1 Å². The maximum atomic E-state index is 11.9. The molecule has 96 valence electrons. The molecule has 1 amide bonds. The van der Waals surface area contributed by atoms with Gasteiger partial charge < -0.3 is 9.64 Å². The summed E-state index contributed by atoms with van der Waals surface area (Å²) in [5.74, 6) is 0.727. The highest BCUT2D eigenvalue weighted by Crippen LogP contribution is 2.28. The van der Waals surface area contributed by atoms with E-state index in [0.29, 0.717) is 25.3 Å². The van der Waals surface area contributed by atoms with Crippen molar-refractivity contribution in [1.82, 2.24) is 0 Å². The lowest BCUT2D eigenvalue weighted by Crippen LogP contribution is -2.30. The number of ether oxygens (including phenoxy) is 1. The van der Waals surface area contributed by atoms with E-state index in [0.717, 1.165) is 5.69 Å². The van der Waals surface area contributed by atoms with Gasteiger partial charge in [-0.1, -0.05) is 37.8 Å². The van der Waals surface area contributed by atoms with Gasteiger partial charge in [0.25, 0.3) is 0 Å². The zero-order chi connectivity index (χ0) is 13.4. The number of rotatable bonds is 7. The minimum absolute atomic E-state index is 0.0459. The molecule has 0 saturated carbocycles. The van der Waals surface area contributed by atoms with Crippen LogP contribution in [0.25, 0.3) is 0 Å². The lowest BCUT2D eigenvalue weighted by Gasteiger charge is -2.23. The third kappa shape index (κ3) is 3.48. The van der Waals surface area contributed by atoms with Gasteiger partial charge >= 0.3 is 0 Å². The first kappa shape index (κ1) is 14.0. The van der Waals surface area contributed by atoms with E-state index in [1.165, 1.54) is 0 Å². The van der Waals surface area contributed by atoms with Gasteiger partial charge in [0.1, 0.15) is 12.4 Å². The molecule has 1 aromatic rings. The summed E-state index contributed by atoms with van der Waals surface area (Å²) < 4.78 is 5.56. The first-order valence-electron chi connectivity index (χ1n) is 5.98. The number of hydrogen-bond donors (Lipinski definition) is 0. The quantitative estimate of drug-likeness (QED) is 0.690. The number of amides is 1. The van der Waals surface area contributed by atoms with Crippen LogP contribution in [0.4, 0.5) is 5.69 Å². The molecule has 0 radical (unpaired) electrons. The molecule has 0 aliphatic carbocycles. The van der Waals surface area contributed by atoms with Gasteiger partial charge in [-0.25, -0.2) is 0 Å². The standard InChI is InChI=1S/C15H19NO2/c1-4-11-16(15(17)6-3)13-9-7-8-10-14(13)18-12-5-2/h4-5,7-10H,1-2,6,11-12H2,3H3. The Morgan fingerprint density at radius 1 is 1.33 bits per heavy atom. The number of benzene rings is 1. The molecule has 1 rings (SSSR count). The zero-order valence-corrected chi connectivity index (χ0v) is 10.8. The number of para-hydroxylation sites is 2. The molecule has 0 unspecified atom stereocenters. The highest BCUT2D eigenvalue weighted by molar-refractivity contribution is 5.94. The van der Waals surface area contributed by atoms with E-state index in [9.17, 15) is 4.79 Å². The van der Waals surface area contributed by atoms with E-state index in [1.807, 2.05) is 31.2 Å². The van der Waals surface area contributed by atoms with Crippen LogP contribution in [-0.2, 0) is 4.79 Å². The van der Waals surface area contributed by atoms with Crippen molar-refractivity contribution in [3.05, 3.63) is 49.6 Å². The number of carbonyl (C=O) groups is 1. The topological polar surface area (TPSA) is 29.5 Å². The Hall–Kier alpha value is -2.03. The summed E-state index contributed by atoms with van der Waals surface area (Å²) in [6, 6.07) is 7.48. The second-order valence-electron chi connectivity index (χ2n) is 3.71. The van der Waals surface area contributed by atoms with Crippen LogP contribution < -0.4 is 9.64 Å². The zero-order valence-electron chi connectivity index (χ0n) is 10.8. The molecule has 0 aliphatic heterocycles. The van der Waals surface area contributed by atoms with E-state index >= 15 is 0 Å². The SMILES string of the molecule is C=CCOc1ccccc1N(CC=C)C(=O)CC. The third-order valence-corrected chi connectivity index (χ3v) is 2.43. The maximum absolute atomic E-state index is 11.9. The van der Waals surface area contributed by atoms with Crippen molar-refractivity contribution in [3.8, 4) is 5.75 Å². The van der Waals surface area contributed by atoms with Crippen LogP contribution in [0.15, 0.2) is 49.6 Å². The van der Waals surface area contributed by atoms with Crippen molar-refractivity contribution in [2.24, 2.45) is 0 Å². The number of nitrogens with zero attached hydrogens (tertiary/aromatic N) is 1. The van der Waals surface area contributed by atoms with Gasteiger partial charge in [-0.05, 0) is 12.1 Å². The van der Waals surface area contributed by atoms with Crippen LogP contribution in [0.5, 0.6) is 5.75 Å². The summed E-state index contributed by atoms with van der Waals surface area (Å²) in [6.45, 7) is 10.0. The molecular weight excluding hydrogens is 226 g/mol. The second-order valence-corrected chi connectivity index (χ2v) is 3.71. The Labute approximate surface area is 108 Å². The van der Waals surface area contributed by atoms with Crippen molar-refractivity contribution in [2.75, 3.05) is 18.1 Å². The third-order valence-electron chi connectivity index (χ3n) is 2.43. The molecule has 0 heterocycles. The van der Waals surface area contributed by atoms with Gasteiger partial charge in [-0.2, -0.15) is 0 Å². The Balaban J connectivity index is 3.05. The average molecular weight is 245 g/mol. The van der Waals surface area contributed by atoms with Crippen LogP contribution in [0.2, 0.25) is 0 Å². The van der Waals surface area contributed by atoms with Gasteiger partial charge in [0.05, 0.1) is 5.69 Å². The summed E-state index contributed by atoms with van der Waals surface area (Å²) >= 11 is 0. The molecule has 0 aliphatic rings. The average Bonchev–Trinajstić information content (AvgIpc) is 2.42. The van der Waals surface area contributed by atoms with Crippen LogP contribution in [0.1, 0.15) is 13.3 Å². The molecular formula is C15H19NO2. The predicted molar refractivity (Wildman–Crippen MR) is 75.0 cm³/mol. The molecule has 0 fully saturated rings. The molecule has 1 aromatic carbocycles. The molecule has 0 aromatic heterocycles. The van der Waals surface area contributed by atoms with Crippen LogP contribution in [0.3, 0.4) is 0 Å². The summed E-state index contributed by atoms with van der Waals surface area (Å²) in [7, 11) is 0. The Bertz CT molecular complexity index is 426. The highest BCUT2D eigenvalue weighted by Gasteiger charge is 2.16. The Morgan fingerprint density at radius 2 is 2.06 bits per heavy atom. The van der Waals surface area contributed by atoms with Crippen molar-refractivity contribution in [2.45, 2.75) is 13.3 Å². The fraction of sp³-hybridized carbons (Fsp3) is 0.267. The molecule has 0 atom stereocenters. The van der Waals surface area contributed by atoms with Crippen LogP contribution in [-0.4, -0.2) is 19.1 Å². The van der Waals surface area contributed by atoms with Gasteiger partial charge in [0.15, 0.2) is 0 Å². The first-order valence-corrected chi connectivity index (χ1v) is 5.98. The summed E-state index contributed by atoms with van der Waals surface area (Å²) in [6.07, 6.45) is 3.83. The minimum Gasteiger partial charge on any atom is -0.487 e. The summed E-state index contributed by atoms with van der Waals surface area (Å²) in [4.78, 5) is 13.6. The minimum atomic E-state index is 0.0459. The molecule has 0 spiro atoms. The molecule has 0 N–H and O–H groups in total. The molecule has 3 nitrogen and oxygen atoms in total. The second kappa shape index (κ2) is 7.33. The monoisotopic (exact) mass is 245 g/mol. The predicted octanol–water partition coefficient (Wildman–Crippen LogP) is 3.18. The normalized spacial score (nSPS) is 9.61. The summed E-state index contributed by atoms with van der Waals surface area (Å²) in [5.41, 5.74) is 0.770. The van der Waals surface area contributed by atoms with Crippen LogP contribution >= 0.6 is 0 Å². The fourth-order valence-electron chi connectivity index (χ4n) is 1.61. The van der Waals surface area contributed by atoms with Gasteiger partial charge in [-0.15, -0.1) is 6.58 Å². The van der Waals surface area contributed by atoms with Gasteiger partial charge in [0.2, 0.25) is 5.91 Å². The fourth-order valence-corrected chi connectivity index (χ4v) is 1.61. The lowest BCUT2D eigenvalue weighted by atomic mass is 10.2. The van der Waals surface area contributed by atoms with E-state index in [-0.39, 0.29) is 5.91 Å². The Kier molecular flexibility index (Phi) is 5.71. The van der Waals surface area contributed by atoms with Crippen molar-refractivity contribution < 1.29 is 9.53 Å². The van der Waals surface area contributed by atoms with E-state index < -0.39 is 0 Å². The molecule has 18 heavy (non-hydrogen) atoms. The van der Waals surface area contributed by atoms with Crippen molar-refractivity contribution >= 4 is 11.6 Å². The maximum Gasteiger partial charge on any atom is 0.227 e. The number of hydrogen-bond acceptors (Lipinski definition) is 2. The van der Waals surface area contributed by atoms with Gasteiger partial charge in [-0.3, -0.25) is 4.79 Å². The molecule has 3 heteroatoms. The number of anilines is 1. The summed E-state index contributed by atoms with van der Waals surface area (Å²) in [5, 5.41) is 0. The van der Waals surface area contributed by atoms with Gasteiger partial charge in [0, 0.05) is 13.0 Å². The van der Waals surface area contributed by atoms with Crippen molar-refractivity contribution in [3.63, 3.8) is 0 Å². The first-order chi connectivity index (χ1) is 8.74. The van der Waals surface area contributed by atoms with E-state index in [4.69, 9.17) is 4.74 Å². The van der Waals surface area contributed by atoms with Crippen LogP contribution in [0, 0.1) is 0 Å². The van der Waals surface area contributed by atoms with E-state index in [2.05, 4.69) is 13.2 Å². The number of carbonyl (C=O) groups excluding carboxylic acids is 1. The Morgan fingerprint density at radius 3 is 2.67 bits per heavy atom. The molecule has 0 saturated heterocycles.